The molecule has 1 aromatic rings. The number of nitrogens with one attached hydrogen (secondary N) is 1. The third kappa shape index (κ3) is 7.17. The summed E-state index contributed by atoms with van der Waals surface area (Å²) in [7, 11) is 1.75. The monoisotopic (exact) mass is 264 g/mol. The Balaban J connectivity index is 0.00000225. The van der Waals surface area contributed by atoms with Gasteiger partial charge in [-0.15, -0.1) is 23.7 Å². The molecule has 0 atom stereocenters. The third-order valence-electron chi connectivity index (χ3n) is 2.17. The molecule has 1 aromatic heterocycles. The SMILES string of the molecule is COCCCCCNCc1csc(C)n1.Cl. The van der Waals surface area contributed by atoms with Gasteiger partial charge in [0.15, 0.2) is 0 Å². The van der Waals surface area contributed by atoms with Gasteiger partial charge in [0.2, 0.25) is 0 Å². The molecule has 0 aliphatic rings. The number of halogens is 1. The number of unbranched alkanes of at least 4 members (excludes halogenated alkanes) is 2. The van der Waals surface area contributed by atoms with Gasteiger partial charge in [0, 0.05) is 25.6 Å². The van der Waals surface area contributed by atoms with Gasteiger partial charge < -0.3 is 10.1 Å². The lowest BCUT2D eigenvalue weighted by Gasteiger charge is -2.02. The predicted molar refractivity (Wildman–Crippen MR) is 71.5 cm³/mol. The molecule has 0 saturated carbocycles. The van der Waals surface area contributed by atoms with Crippen LogP contribution in [0.15, 0.2) is 5.38 Å². The van der Waals surface area contributed by atoms with E-state index >= 15 is 0 Å². The summed E-state index contributed by atoms with van der Waals surface area (Å²) in [5.74, 6) is 0. The van der Waals surface area contributed by atoms with Gasteiger partial charge in [0.05, 0.1) is 10.7 Å². The predicted octanol–water partition coefficient (Wildman–Crippen LogP) is 2.78. The van der Waals surface area contributed by atoms with E-state index in [1.54, 1.807) is 18.4 Å². The Morgan fingerprint density at radius 3 is 2.81 bits per heavy atom. The van der Waals surface area contributed by atoms with Crippen LogP contribution in [-0.4, -0.2) is 25.2 Å². The molecule has 1 heterocycles. The highest BCUT2D eigenvalue weighted by molar-refractivity contribution is 7.09. The molecule has 1 rings (SSSR count). The highest BCUT2D eigenvalue weighted by Crippen LogP contribution is 2.07. The number of hydrogen-bond acceptors (Lipinski definition) is 4. The first kappa shape index (κ1) is 15.8. The van der Waals surface area contributed by atoms with Crippen LogP contribution in [-0.2, 0) is 11.3 Å². The van der Waals surface area contributed by atoms with Crippen molar-refractivity contribution in [3.8, 4) is 0 Å². The summed E-state index contributed by atoms with van der Waals surface area (Å²) in [4.78, 5) is 4.39. The number of thiazole rings is 1. The molecule has 0 unspecified atom stereocenters. The van der Waals surface area contributed by atoms with Crippen LogP contribution in [0.2, 0.25) is 0 Å². The minimum absolute atomic E-state index is 0. The Bertz CT molecular complexity index is 268. The smallest absolute Gasteiger partial charge is 0.0897 e. The summed E-state index contributed by atoms with van der Waals surface area (Å²) in [5, 5.41) is 6.66. The summed E-state index contributed by atoms with van der Waals surface area (Å²) in [6.45, 7) is 4.89. The summed E-state index contributed by atoms with van der Waals surface area (Å²) in [6.07, 6.45) is 3.61. The van der Waals surface area contributed by atoms with Gasteiger partial charge in [-0.2, -0.15) is 0 Å². The number of nitrogens with zero attached hydrogens (tertiary/aromatic N) is 1. The molecule has 0 spiro atoms. The van der Waals surface area contributed by atoms with E-state index in [9.17, 15) is 0 Å². The Hall–Kier alpha value is -0.160. The molecule has 0 fully saturated rings. The van der Waals surface area contributed by atoms with E-state index in [1.165, 1.54) is 12.8 Å². The van der Waals surface area contributed by atoms with Crippen molar-refractivity contribution in [3.63, 3.8) is 0 Å². The van der Waals surface area contributed by atoms with Crippen molar-refractivity contribution in [2.75, 3.05) is 20.3 Å². The molecule has 5 heteroatoms. The Morgan fingerprint density at radius 2 is 2.19 bits per heavy atom. The van der Waals surface area contributed by atoms with Crippen molar-refractivity contribution in [2.45, 2.75) is 32.7 Å². The number of ether oxygens (including phenoxy) is 1. The van der Waals surface area contributed by atoms with E-state index in [1.807, 2.05) is 6.92 Å². The van der Waals surface area contributed by atoms with Gasteiger partial charge >= 0.3 is 0 Å². The topological polar surface area (TPSA) is 34.1 Å². The molecule has 0 aromatic carbocycles. The van der Waals surface area contributed by atoms with Gasteiger partial charge in [-0.25, -0.2) is 4.98 Å². The maximum absolute atomic E-state index is 4.99. The second-order valence-electron chi connectivity index (χ2n) is 3.59. The van der Waals surface area contributed by atoms with Crippen LogP contribution in [0.4, 0.5) is 0 Å². The van der Waals surface area contributed by atoms with Crippen LogP contribution in [0, 0.1) is 6.92 Å². The van der Waals surface area contributed by atoms with E-state index in [4.69, 9.17) is 4.74 Å². The van der Waals surface area contributed by atoms with Gasteiger partial charge in [-0.3, -0.25) is 0 Å². The van der Waals surface area contributed by atoms with E-state index in [0.717, 1.165) is 36.8 Å². The first-order valence-corrected chi connectivity index (χ1v) is 6.31. The van der Waals surface area contributed by atoms with Crippen LogP contribution < -0.4 is 5.32 Å². The lowest BCUT2D eigenvalue weighted by Crippen LogP contribution is -2.15. The summed E-state index contributed by atoms with van der Waals surface area (Å²) in [6, 6.07) is 0. The highest BCUT2D eigenvalue weighted by Gasteiger charge is 1.96. The Kier molecular flexibility index (Phi) is 9.92. The molecule has 0 bridgehead atoms. The molecule has 1 N–H and O–H groups in total. The molecule has 16 heavy (non-hydrogen) atoms. The lowest BCUT2D eigenvalue weighted by atomic mass is 10.2. The Morgan fingerprint density at radius 1 is 1.38 bits per heavy atom. The summed E-state index contributed by atoms with van der Waals surface area (Å²) in [5.41, 5.74) is 1.16. The largest absolute Gasteiger partial charge is 0.385 e. The molecular formula is C11H21ClN2OS. The fourth-order valence-corrected chi connectivity index (χ4v) is 1.99. The van der Waals surface area contributed by atoms with E-state index in [-0.39, 0.29) is 12.4 Å². The fraction of sp³-hybridized carbons (Fsp3) is 0.727. The average Bonchev–Trinajstić information content (AvgIpc) is 2.63. The fourth-order valence-electron chi connectivity index (χ4n) is 1.38. The molecule has 0 amide bonds. The number of aromatic nitrogens is 1. The maximum atomic E-state index is 4.99. The molecule has 0 saturated heterocycles. The number of rotatable bonds is 8. The Labute approximate surface area is 108 Å². The van der Waals surface area contributed by atoms with Crippen LogP contribution in [0.1, 0.15) is 30.0 Å². The van der Waals surface area contributed by atoms with Crippen molar-refractivity contribution in [2.24, 2.45) is 0 Å². The molecule has 0 radical (unpaired) electrons. The minimum Gasteiger partial charge on any atom is -0.385 e. The molecule has 94 valence electrons. The minimum atomic E-state index is 0. The third-order valence-corrected chi connectivity index (χ3v) is 3.00. The van der Waals surface area contributed by atoms with Crippen molar-refractivity contribution in [3.05, 3.63) is 16.1 Å². The number of aryl methyl sites for hydroxylation is 1. The van der Waals surface area contributed by atoms with Gasteiger partial charge in [-0.1, -0.05) is 0 Å². The second-order valence-corrected chi connectivity index (χ2v) is 4.65. The molecule has 0 aliphatic carbocycles. The number of methoxy groups -OCH3 is 1. The van der Waals surface area contributed by atoms with Crippen molar-refractivity contribution in [1.29, 1.82) is 0 Å². The van der Waals surface area contributed by atoms with Crippen LogP contribution in [0.3, 0.4) is 0 Å². The van der Waals surface area contributed by atoms with Gasteiger partial charge in [0.1, 0.15) is 0 Å². The molecule has 0 aliphatic heterocycles. The standard InChI is InChI=1S/C11H20N2OS.ClH/c1-10-13-11(9-15-10)8-12-6-4-3-5-7-14-2;/h9,12H,3-8H2,1-2H3;1H. The van der Waals surface area contributed by atoms with Crippen molar-refractivity contribution < 1.29 is 4.74 Å². The lowest BCUT2D eigenvalue weighted by molar-refractivity contribution is 0.192. The van der Waals surface area contributed by atoms with Gasteiger partial charge in [0.25, 0.3) is 0 Å². The van der Waals surface area contributed by atoms with Crippen molar-refractivity contribution >= 4 is 23.7 Å². The van der Waals surface area contributed by atoms with E-state index in [0.29, 0.717) is 0 Å². The van der Waals surface area contributed by atoms with E-state index < -0.39 is 0 Å². The molecule has 3 nitrogen and oxygen atoms in total. The first-order valence-electron chi connectivity index (χ1n) is 5.43. The van der Waals surface area contributed by atoms with E-state index in [2.05, 4.69) is 15.7 Å². The maximum Gasteiger partial charge on any atom is 0.0897 e. The summed E-state index contributed by atoms with van der Waals surface area (Å²) < 4.78 is 4.99. The van der Waals surface area contributed by atoms with Crippen molar-refractivity contribution in [1.82, 2.24) is 10.3 Å². The zero-order valence-corrected chi connectivity index (χ0v) is 11.6. The molecular weight excluding hydrogens is 244 g/mol. The van der Waals surface area contributed by atoms with Crippen LogP contribution in [0.25, 0.3) is 0 Å². The highest BCUT2D eigenvalue weighted by atomic mass is 35.5. The van der Waals surface area contributed by atoms with Gasteiger partial charge in [-0.05, 0) is 32.7 Å². The van der Waals surface area contributed by atoms with Crippen LogP contribution in [0.5, 0.6) is 0 Å². The zero-order valence-electron chi connectivity index (χ0n) is 9.99. The first-order chi connectivity index (χ1) is 7.33. The van der Waals surface area contributed by atoms with Crippen LogP contribution >= 0.6 is 23.7 Å². The number of hydrogen-bond donors (Lipinski definition) is 1. The average molecular weight is 265 g/mol. The quantitative estimate of drug-likeness (QED) is 0.733. The zero-order chi connectivity index (χ0) is 10.9. The normalized spacial score (nSPS) is 10.1. The second kappa shape index (κ2) is 10.0. The summed E-state index contributed by atoms with van der Waals surface area (Å²) >= 11 is 1.71.